The van der Waals surface area contributed by atoms with Crippen LogP contribution in [-0.2, 0) is 11.3 Å². The van der Waals surface area contributed by atoms with Gasteiger partial charge in [0.05, 0.1) is 0 Å². The summed E-state index contributed by atoms with van der Waals surface area (Å²) in [6.07, 6.45) is 0. The van der Waals surface area contributed by atoms with Crippen LogP contribution < -0.4 is 10.6 Å². The zero-order chi connectivity index (χ0) is 14.1. The molecule has 0 fully saturated rings. The van der Waals surface area contributed by atoms with Crippen LogP contribution in [0.2, 0.25) is 0 Å². The Kier molecular flexibility index (Phi) is 3.59. The van der Waals surface area contributed by atoms with E-state index >= 15 is 0 Å². The summed E-state index contributed by atoms with van der Waals surface area (Å²) in [6.45, 7) is 2.74. The van der Waals surface area contributed by atoms with E-state index in [1.807, 2.05) is 24.3 Å². The van der Waals surface area contributed by atoms with E-state index in [0.29, 0.717) is 6.54 Å². The molecule has 1 amide bonds. The van der Waals surface area contributed by atoms with Gasteiger partial charge in [-0.15, -0.1) is 0 Å². The number of halogens is 1. The van der Waals surface area contributed by atoms with Crippen molar-refractivity contribution in [1.29, 1.82) is 0 Å². The first-order valence-corrected chi connectivity index (χ1v) is 7.32. The third kappa shape index (κ3) is 2.62. The second-order valence-corrected chi connectivity index (χ2v) is 5.94. The lowest BCUT2D eigenvalue weighted by molar-refractivity contribution is -0.117. The van der Waals surface area contributed by atoms with Crippen LogP contribution >= 0.6 is 15.9 Å². The minimum Gasteiger partial charge on any atom is -0.324 e. The fourth-order valence-electron chi connectivity index (χ4n) is 2.48. The van der Waals surface area contributed by atoms with Crippen molar-refractivity contribution in [2.75, 3.05) is 5.32 Å². The molecule has 1 atom stereocenters. The van der Waals surface area contributed by atoms with Crippen LogP contribution in [0.5, 0.6) is 0 Å². The van der Waals surface area contributed by atoms with Crippen molar-refractivity contribution >= 4 is 27.5 Å². The van der Waals surface area contributed by atoms with Crippen LogP contribution in [0.4, 0.5) is 5.69 Å². The molecule has 4 heteroatoms. The fourth-order valence-corrected chi connectivity index (χ4v) is 2.86. The Morgan fingerprint density at radius 2 is 2.10 bits per heavy atom. The Balaban J connectivity index is 1.78. The van der Waals surface area contributed by atoms with E-state index in [0.717, 1.165) is 15.7 Å². The van der Waals surface area contributed by atoms with Crippen molar-refractivity contribution in [1.82, 2.24) is 5.32 Å². The lowest BCUT2D eigenvalue weighted by Crippen LogP contribution is -2.27. The molecule has 0 radical (unpaired) electrons. The van der Waals surface area contributed by atoms with Crippen molar-refractivity contribution in [2.24, 2.45) is 0 Å². The molecule has 3 nitrogen and oxygen atoms in total. The first kappa shape index (κ1) is 13.3. The molecule has 102 valence electrons. The van der Waals surface area contributed by atoms with Gasteiger partial charge >= 0.3 is 0 Å². The Hall–Kier alpha value is -1.65. The van der Waals surface area contributed by atoms with Gasteiger partial charge in [0.25, 0.3) is 0 Å². The van der Waals surface area contributed by atoms with Crippen LogP contribution in [0.1, 0.15) is 22.7 Å². The van der Waals surface area contributed by atoms with Crippen molar-refractivity contribution in [3.8, 4) is 0 Å². The number of carbonyl (C=O) groups excluding carboxylic acids is 1. The molecule has 0 saturated carbocycles. The number of carbonyl (C=O) groups is 1. The number of rotatable bonds is 3. The molecule has 0 saturated heterocycles. The van der Waals surface area contributed by atoms with Gasteiger partial charge in [-0.25, -0.2) is 0 Å². The van der Waals surface area contributed by atoms with Crippen molar-refractivity contribution in [2.45, 2.75) is 19.5 Å². The highest BCUT2D eigenvalue weighted by Crippen LogP contribution is 2.33. The summed E-state index contributed by atoms with van der Waals surface area (Å²) in [5, 5.41) is 6.23. The molecule has 1 unspecified atom stereocenters. The van der Waals surface area contributed by atoms with Crippen molar-refractivity contribution in [3.05, 3.63) is 63.6 Å². The van der Waals surface area contributed by atoms with Gasteiger partial charge in [-0.3, -0.25) is 10.1 Å². The molecule has 2 N–H and O–H groups in total. The average molecular weight is 331 g/mol. The number of benzene rings is 2. The summed E-state index contributed by atoms with van der Waals surface area (Å²) in [7, 11) is 0. The first-order valence-electron chi connectivity index (χ1n) is 6.53. The average Bonchev–Trinajstić information content (AvgIpc) is 2.72. The summed E-state index contributed by atoms with van der Waals surface area (Å²) in [5.74, 6) is 0.00533. The second-order valence-electron chi connectivity index (χ2n) is 5.02. The molecule has 1 aliphatic heterocycles. The minimum absolute atomic E-state index is 0.00533. The maximum absolute atomic E-state index is 12.0. The number of amides is 1. The zero-order valence-corrected chi connectivity index (χ0v) is 12.7. The number of fused-ring (bicyclic) bond motifs is 1. The van der Waals surface area contributed by atoms with Gasteiger partial charge in [-0.1, -0.05) is 45.8 Å². The van der Waals surface area contributed by atoms with Crippen LogP contribution in [0.3, 0.4) is 0 Å². The molecule has 1 aliphatic rings. The molecule has 20 heavy (non-hydrogen) atoms. The van der Waals surface area contributed by atoms with E-state index in [2.05, 4.69) is 51.7 Å². The van der Waals surface area contributed by atoms with Crippen molar-refractivity contribution in [3.63, 3.8) is 0 Å². The highest BCUT2D eigenvalue weighted by atomic mass is 79.9. The molecule has 2 aromatic carbocycles. The van der Waals surface area contributed by atoms with E-state index < -0.39 is 0 Å². The zero-order valence-electron chi connectivity index (χ0n) is 11.1. The summed E-state index contributed by atoms with van der Waals surface area (Å²) < 4.78 is 0.982. The van der Waals surface area contributed by atoms with Crippen LogP contribution in [0.25, 0.3) is 0 Å². The van der Waals surface area contributed by atoms with E-state index in [4.69, 9.17) is 0 Å². The van der Waals surface area contributed by atoms with Gasteiger partial charge in [0, 0.05) is 22.3 Å². The van der Waals surface area contributed by atoms with Gasteiger partial charge in [-0.2, -0.15) is 0 Å². The summed E-state index contributed by atoms with van der Waals surface area (Å²) in [6, 6.07) is 13.8. The van der Waals surface area contributed by atoms with Crippen LogP contribution in [-0.4, -0.2) is 5.91 Å². The largest absolute Gasteiger partial charge is 0.324 e. The van der Waals surface area contributed by atoms with Crippen LogP contribution in [0, 0.1) is 6.92 Å². The Labute approximate surface area is 126 Å². The highest BCUT2D eigenvalue weighted by molar-refractivity contribution is 9.10. The summed E-state index contributed by atoms with van der Waals surface area (Å²) >= 11 is 3.45. The summed E-state index contributed by atoms with van der Waals surface area (Å²) in [5.41, 5.74) is 4.29. The number of hydrogen-bond acceptors (Lipinski definition) is 2. The van der Waals surface area contributed by atoms with Crippen molar-refractivity contribution < 1.29 is 4.79 Å². The SMILES string of the molecule is Cc1cccc(CNC2C(=O)Nc3ccc(Br)cc32)c1. The lowest BCUT2D eigenvalue weighted by atomic mass is 10.1. The predicted molar refractivity (Wildman–Crippen MR) is 83.5 cm³/mol. The minimum atomic E-state index is -0.289. The van der Waals surface area contributed by atoms with E-state index in [1.165, 1.54) is 11.1 Å². The molecule has 0 bridgehead atoms. The molecule has 0 spiro atoms. The summed E-state index contributed by atoms with van der Waals surface area (Å²) in [4.78, 5) is 12.0. The lowest BCUT2D eigenvalue weighted by Gasteiger charge is -2.12. The van der Waals surface area contributed by atoms with Gasteiger partial charge in [0.1, 0.15) is 6.04 Å². The van der Waals surface area contributed by atoms with E-state index in [1.54, 1.807) is 0 Å². The number of hydrogen-bond donors (Lipinski definition) is 2. The molecular formula is C16H15BrN2O. The van der Waals surface area contributed by atoms with Crippen LogP contribution in [0.15, 0.2) is 46.9 Å². The smallest absolute Gasteiger partial charge is 0.246 e. The van der Waals surface area contributed by atoms with Gasteiger partial charge in [-0.05, 0) is 30.7 Å². The molecular weight excluding hydrogens is 316 g/mol. The van der Waals surface area contributed by atoms with E-state index in [9.17, 15) is 4.79 Å². The third-order valence-corrected chi connectivity index (χ3v) is 3.93. The maximum atomic E-state index is 12.0. The normalized spacial score (nSPS) is 16.9. The third-order valence-electron chi connectivity index (χ3n) is 3.44. The van der Waals surface area contributed by atoms with Gasteiger partial charge in [0.15, 0.2) is 0 Å². The predicted octanol–water partition coefficient (Wildman–Crippen LogP) is 3.54. The Morgan fingerprint density at radius 3 is 2.90 bits per heavy atom. The standard InChI is InChI=1S/C16H15BrN2O/c1-10-3-2-4-11(7-10)9-18-15-13-8-12(17)5-6-14(13)19-16(15)20/h2-8,15,18H,9H2,1H3,(H,19,20). The number of aryl methyl sites for hydroxylation is 1. The molecule has 0 aromatic heterocycles. The Morgan fingerprint density at radius 1 is 1.25 bits per heavy atom. The molecule has 0 aliphatic carbocycles. The Bertz CT molecular complexity index is 669. The van der Waals surface area contributed by atoms with Gasteiger partial charge in [0.2, 0.25) is 5.91 Å². The fraction of sp³-hybridized carbons (Fsp3) is 0.188. The van der Waals surface area contributed by atoms with Gasteiger partial charge < -0.3 is 5.32 Å². The monoisotopic (exact) mass is 330 g/mol. The molecule has 3 rings (SSSR count). The molecule has 2 aromatic rings. The topological polar surface area (TPSA) is 41.1 Å². The van der Waals surface area contributed by atoms with E-state index in [-0.39, 0.29) is 11.9 Å². The first-order chi connectivity index (χ1) is 9.63. The quantitative estimate of drug-likeness (QED) is 0.903. The maximum Gasteiger partial charge on any atom is 0.246 e. The molecule has 1 heterocycles. The number of nitrogens with one attached hydrogen (secondary N) is 2. The second kappa shape index (κ2) is 5.38. The number of anilines is 1. The highest BCUT2D eigenvalue weighted by Gasteiger charge is 2.29.